The van der Waals surface area contributed by atoms with Crippen molar-refractivity contribution >= 4 is 22.6 Å². The zero-order valence-electron chi connectivity index (χ0n) is 14.0. The maximum Gasteiger partial charge on any atom is 0.278 e. The first-order valence-electron chi connectivity index (χ1n) is 7.99. The molecule has 8 nitrogen and oxygen atoms in total. The van der Waals surface area contributed by atoms with Gasteiger partial charge in [-0.05, 0) is 36.4 Å². The van der Waals surface area contributed by atoms with Gasteiger partial charge in [0.25, 0.3) is 5.91 Å². The van der Waals surface area contributed by atoms with Crippen molar-refractivity contribution in [2.45, 2.75) is 6.54 Å². The Hall–Kier alpha value is -3.68. The third-order valence-corrected chi connectivity index (χ3v) is 3.90. The molecular formula is C18H16N6O2. The number of nitrogens with zero attached hydrogens (tertiary/aromatic N) is 4. The van der Waals surface area contributed by atoms with Crippen LogP contribution in [-0.2, 0) is 6.54 Å². The molecule has 8 heteroatoms. The largest absolute Gasteiger partial charge is 0.497 e. The molecule has 1 aromatic carbocycles. The molecule has 130 valence electrons. The number of carbonyl (C=O) groups is 1. The third-order valence-electron chi connectivity index (χ3n) is 3.90. The molecule has 2 N–H and O–H groups in total. The highest BCUT2D eigenvalue weighted by Crippen LogP contribution is 2.23. The number of pyridine rings is 1. The van der Waals surface area contributed by atoms with Gasteiger partial charge in [0.15, 0.2) is 5.69 Å². The number of ether oxygens (including phenoxy) is 1. The zero-order chi connectivity index (χ0) is 17.9. The minimum Gasteiger partial charge on any atom is -0.497 e. The van der Waals surface area contributed by atoms with Crippen LogP contribution in [0.2, 0.25) is 0 Å². The lowest BCUT2D eigenvalue weighted by atomic mass is 10.2. The Morgan fingerprint density at radius 3 is 3.00 bits per heavy atom. The SMILES string of the molecule is COc1ccc2[nH]c(NC(=O)c3cn(Cc4ccccn4)nn3)cc2c1. The quantitative estimate of drug-likeness (QED) is 0.577. The summed E-state index contributed by atoms with van der Waals surface area (Å²) in [6.45, 7) is 0.452. The molecule has 0 fully saturated rings. The van der Waals surface area contributed by atoms with E-state index in [0.717, 1.165) is 22.3 Å². The van der Waals surface area contributed by atoms with Crippen molar-refractivity contribution in [1.82, 2.24) is 25.0 Å². The number of H-pyrrole nitrogens is 1. The van der Waals surface area contributed by atoms with Crippen LogP contribution in [0, 0.1) is 0 Å². The molecule has 1 amide bonds. The van der Waals surface area contributed by atoms with Gasteiger partial charge in [-0.1, -0.05) is 11.3 Å². The second kappa shape index (κ2) is 6.67. The molecular weight excluding hydrogens is 332 g/mol. The lowest BCUT2D eigenvalue weighted by molar-refractivity contribution is 0.102. The number of methoxy groups -OCH3 is 1. The molecule has 4 rings (SSSR count). The average molecular weight is 348 g/mol. The number of aromatic amines is 1. The Morgan fingerprint density at radius 1 is 1.27 bits per heavy atom. The second-order valence-electron chi connectivity index (χ2n) is 5.71. The molecule has 0 bridgehead atoms. The number of amides is 1. The van der Waals surface area contributed by atoms with E-state index in [9.17, 15) is 4.79 Å². The van der Waals surface area contributed by atoms with Gasteiger partial charge in [-0.15, -0.1) is 5.10 Å². The fourth-order valence-corrected chi connectivity index (χ4v) is 2.63. The van der Waals surface area contributed by atoms with Crippen LogP contribution in [0.4, 0.5) is 5.82 Å². The highest BCUT2D eigenvalue weighted by atomic mass is 16.5. The summed E-state index contributed by atoms with van der Waals surface area (Å²) >= 11 is 0. The summed E-state index contributed by atoms with van der Waals surface area (Å²) in [5, 5.41) is 11.6. The van der Waals surface area contributed by atoms with Crippen LogP contribution in [0.5, 0.6) is 5.75 Å². The Morgan fingerprint density at radius 2 is 2.19 bits per heavy atom. The highest BCUT2D eigenvalue weighted by molar-refractivity contribution is 6.03. The molecule has 0 spiro atoms. The van der Waals surface area contributed by atoms with E-state index < -0.39 is 0 Å². The van der Waals surface area contributed by atoms with Gasteiger partial charge in [0.05, 0.1) is 25.5 Å². The van der Waals surface area contributed by atoms with Crippen LogP contribution in [-0.4, -0.2) is 38.0 Å². The summed E-state index contributed by atoms with van der Waals surface area (Å²) in [7, 11) is 1.62. The van der Waals surface area contributed by atoms with Crippen LogP contribution in [0.15, 0.2) is 54.9 Å². The Kier molecular flexibility index (Phi) is 4.06. The Labute approximate surface area is 148 Å². The van der Waals surface area contributed by atoms with E-state index >= 15 is 0 Å². The van der Waals surface area contributed by atoms with E-state index in [-0.39, 0.29) is 11.6 Å². The van der Waals surface area contributed by atoms with Crippen LogP contribution in [0.3, 0.4) is 0 Å². The van der Waals surface area contributed by atoms with Crippen molar-refractivity contribution in [3.05, 3.63) is 66.2 Å². The maximum absolute atomic E-state index is 12.4. The van der Waals surface area contributed by atoms with E-state index in [0.29, 0.717) is 12.4 Å². The van der Waals surface area contributed by atoms with Crippen LogP contribution >= 0.6 is 0 Å². The highest BCUT2D eigenvalue weighted by Gasteiger charge is 2.13. The lowest BCUT2D eigenvalue weighted by Crippen LogP contribution is -2.12. The molecule has 0 saturated heterocycles. The first-order valence-corrected chi connectivity index (χ1v) is 7.99. The van der Waals surface area contributed by atoms with Gasteiger partial charge in [0, 0.05) is 17.1 Å². The van der Waals surface area contributed by atoms with Gasteiger partial charge in [-0.3, -0.25) is 9.78 Å². The lowest BCUT2D eigenvalue weighted by Gasteiger charge is -1.99. The van der Waals surface area contributed by atoms with Crippen molar-refractivity contribution < 1.29 is 9.53 Å². The maximum atomic E-state index is 12.4. The number of fused-ring (bicyclic) bond motifs is 1. The molecule has 0 aliphatic heterocycles. The monoisotopic (exact) mass is 348 g/mol. The molecule has 3 aromatic heterocycles. The summed E-state index contributed by atoms with van der Waals surface area (Å²) in [4.78, 5) is 19.8. The van der Waals surface area contributed by atoms with Crippen LogP contribution in [0.1, 0.15) is 16.2 Å². The van der Waals surface area contributed by atoms with Gasteiger partial charge in [0.2, 0.25) is 0 Å². The van der Waals surface area contributed by atoms with E-state index in [1.807, 2.05) is 42.5 Å². The topological polar surface area (TPSA) is 97.7 Å². The first-order chi connectivity index (χ1) is 12.7. The van der Waals surface area contributed by atoms with Crippen molar-refractivity contribution in [1.29, 1.82) is 0 Å². The van der Waals surface area contributed by atoms with E-state index in [4.69, 9.17) is 4.74 Å². The second-order valence-corrected chi connectivity index (χ2v) is 5.71. The van der Waals surface area contributed by atoms with Crippen molar-refractivity contribution in [2.24, 2.45) is 0 Å². The molecule has 3 heterocycles. The van der Waals surface area contributed by atoms with Gasteiger partial charge in [-0.25, -0.2) is 4.68 Å². The minimum absolute atomic E-state index is 0.233. The third kappa shape index (κ3) is 3.25. The summed E-state index contributed by atoms with van der Waals surface area (Å²) < 4.78 is 6.78. The van der Waals surface area contributed by atoms with Crippen molar-refractivity contribution in [3.63, 3.8) is 0 Å². The molecule has 0 aliphatic rings. The van der Waals surface area contributed by atoms with E-state index in [2.05, 4.69) is 25.6 Å². The minimum atomic E-state index is -0.337. The summed E-state index contributed by atoms with van der Waals surface area (Å²) in [6.07, 6.45) is 3.31. The molecule has 0 atom stereocenters. The molecule has 26 heavy (non-hydrogen) atoms. The van der Waals surface area contributed by atoms with Crippen LogP contribution < -0.4 is 10.1 Å². The number of anilines is 1. The van der Waals surface area contributed by atoms with Crippen molar-refractivity contribution in [3.8, 4) is 5.75 Å². The Bertz CT molecular complexity index is 1050. The number of hydrogen-bond donors (Lipinski definition) is 2. The fraction of sp³-hybridized carbons (Fsp3) is 0.111. The molecule has 0 radical (unpaired) electrons. The fourth-order valence-electron chi connectivity index (χ4n) is 2.63. The standard InChI is InChI=1S/C18H16N6O2/c1-26-14-5-6-15-12(8-14)9-17(20-15)21-18(25)16-11-24(23-22-16)10-13-4-2-3-7-19-13/h2-9,11,20H,10H2,1H3,(H,21,25). The summed E-state index contributed by atoms with van der Waals surface area (Å²) in [5.41, 5.74) is 1.98. The molecule has 4 aromatic rings. The molecule has 0 saturated carbocycles. The average Bonchev–Trinajstić information content (AvgIpc) is 3.28. The number of rotatable bonds is 5. The Balaban J connectivity index is 1.48. The van der Waals surface area contributed by atoms with Crippen molar-refractivity contribution in [2.75, 3.05) is 12.4 Å². The van der Waals surface area contributed by atoms with Gasteiger partial charge in [-0.2, -0.15) is 0 Å². The molecule has 0 aliphatic carbocycles. The predicted molar refractivity (Wildman–Crippen MR) is 96.2 cm³/mol. The van der Waals surface area contributed by atoms with E-state index in [1.54, 1.807) is 24.2 Å². The first kappa shape index (κ1) is 15.8. The summed E-state index contributed by atoms with van der Waals surface area (Å²) in [6, 6.07) is 13.1. The molecule has 0 unspecified atom stereocenters. The van der Waals surface area contributed by atoms with Gasteiger partial charge >= 0.3 is 0 Å². The summed E-state index contributed by atoms with van der Waals surface area (Å²) in [5.74, 6) is 1.00. The predicted octanol–water partition coefficient (Wildman–Crippen LogP) is 2.46. The number of carbonyl (C=O) groups excluding carboxylic acids is 1. The number of hydrogen-bond acceptors (Lipinski definition) is 5. The van der Waals surface area contributed by atoms with Gasteiger partial charge in [0.1, 0.15) is 11.6 Å². The number of benzene rings is 1. The normalized spacial score (nSPS) is 10.8. The van der Waals surface area contributed by atoms with Gasteiger partial charge < -0.3 is 15.0 Å². The number of nitrogens with one attached hydrogen (secondary N) is 2. The zero-order valence-corrected chi connectivity index (χ0v) is 14.0. The van der Waals surface area contributed by atoms with Crippen LogP contribution in [0.25, 0.3) is 10.9 Å². The number of aromatic nitrogens is 5. The van der Waals surface area contributed by atoms with E-state index in [1.165, 1.54) is 0 Å². The smallest absolute Gasteiger partial charge is 0.278 e.